The number of ether oxygens (including phenoxy) is 1. The number of benzene rings is 2. The molecule has 0 spiro atoms. The maximum Gasteiger partial charge on any atom is 0.238 e. The molecular weight excluding hydrogens is 440 g/mol. The highest BCUT2D eigenvalue weighted by Crippen LogP contribution is 2.34. The van der Waals surface area contributed by atoms with Crippen LogP contribution in [0.25, 0.3) is 21.8 Å². The second kappa shape index (κ2) is 9.25. The van der Waals surface area contributed by atoms with Gasteiger partial charge in [0.2, 0.25) is 17.6 Å². The number of carbonyl (C=O) groups is 1. The van der Waals surface area contributed by atoms with Crippen LogP contribution >= 0.6 is 11.3 Å². The molecule has 166 valence electrons. The van der Waals surface area contributed by atoms with Crippen molar-refractivity contribution in [2.45, 2.75) is 19.8 Å². The molecule has 0 bridgehead atoms. The van der Waals surface area contributed by atoms with Gasteiger partial charge in [0, 0.05) is 12.8 Å². The zero-order chi connectivity index (χ0) is 22.6. The predicted molar refractivity (Wildman–Crippen MR) is 125 cm³/mol. The van der Waals surface area contributed by atoms with Crippen molar-refractivity contribution in [1.82, 2.24) is 15.1 Å². The van der Waals surface area contributed by atoms with Crippen LogP contribution in [0.15, 0.2) is 75.9 Å². The summed E-state index contributed by atoms with van der Waals surface area (Å²) in [4.78, 5) is 24.0. The highest BCUT2D eigenvalue weighted by molar-refractivity contribution is 7.22. The van der Waals surface area contributed by atoms with Gasteiger partial charge in [-0.1, -0.05) is 28.6 Å². The molecule has 0 aliphatic rings. The zero-order valence-corrected chi connectivity index (χ0v) is 18.6. The molecule has 2 aromatic carbocycles. The van der Waals surface area contributed by atoms with Gasteiger partial charge in [-0.2, -0.15) is 4.98 Å². The zero-order valence-electron chi connectivity index (χ0n) is 17.8. The number of aromatic nitrogens is 3. The Balaban J connectivity index is 1.40. The summed E-state index contributed by atoms with van der Waals surface area (Å²) in [7, 11) is 0. The van der Waals surface area contributed by atoms with Crippen LogP contribution in [0.2, 0.25) is 0 Å². The molecule has 0 aliphatic heterocycles. The summed E-state index contributed by atoms with van der Waals surface area (Å²) < 4.78 is 17.1. The summed E-state index contributed by atoms with van der Waals surface area (Å²) in [6.07, 6.45) is 2.01. The topological polar surface area (TPSA) is 94.5 Å². The normalized spacial score (nSPS) is 11.1. The van der Waals surface area contributed by atoms with Gasteiger partial charge in [0.15, 0.2) is 10.9 Å². The van der Waals surface area contributed by atoms with E-state index in [-0.39, 0.29) is 12.3 Å². The molecule has 8 nitrogen and oxygen atoms in total. The van der Waals surface area contributed by atoms with Gasteiger partial charge in [-0.15, -0.1) is 0 Å². The van der Waals surface area contributed by atoms with Crippen LogP contribution in [0, 0.1) is 0 Å². The summed E-state index contributed by atoms with van der Waals surface area (Å²) >= 11 is 1.47. The van der Waals surface area contributed by atoms with Crippen LogP contribution in [0.4, 0.5) is 10.8 Å². The molecule has 5 aromatic rings. The average Bonchev–Trinajstić information content (AvgIpc) is 3.59. The van der Waals surface area contributed by atoms with E-state index in [0.717, 1.165) is 16.0 Å². The number of fused-ring (bicyclic) bond motifs is 1. The van der Waals surface area contributed by atoms with Crippen LogP contribution in [-0.4, -0.2) is 27.6 Å². The minimum Gasteiger partial charge on any atom is -0.494 e. The lowest BCUT2D eigenvalue weighted by Crippen LogP contribution is -2.26. The van der Waals surface area contributed by atoms with Gasteiger partial charge in [0.1, 0.15) is 5.75 Å². The summed E-state index contributed by atoms with van der Waals surface area (Å²) in [6.45, 7) is 2.50. The molecular formula is C24H20N4O4S. The molecule has 0 N–H and O–H groups in total. The highest BCUT2D eigenvalue weighted by Gasteiger charge is 2.23. The molecule has 33 heavy (non-hydrogen) atoms. The number of rotatable bonds is 8. The number of thiazole rings is 1. The van der Waals surface area contributed by atoms with Gasteiger partial charge in [-0.3, -0.25) is 9.69 Å². The van der Waals surface area contributed by atoms with Crippen LogP contribution in [0.5, 0.6) is 5.75 Å². The lowest BCUT2D eigenvalue weighted by molar-refractivity contribution is -0.117. The maximum atomic E-state index is 13.4. The summed E-state index contributed by atoms with van der Waals surface area (Å²) in [5.74, 6) is 1.86. The first kappa shape index (κ1) is 20.9. The smallest absolute Gasteiger partial charge is 0.238 e. The second-order valence-corrected chi connectivity index (χ2v) is 8.12. The number of furan rings is 1. The van der Waals surface area contributed by atoms with Gasteiger partial charge in [0.05, 0.1) is 28.8 Å². The largest absolute Gasteiger partial charge is 0.494 e. The molecule has 0 saturated heterocycles. The fraction of sp³-hybridized carbons (Fsp3) is 0.167. The maximum absolute atomic E-state index is 13.4. The summed E-state index contributed by atoms with van der Waals surface area (Å²) in [5.41, 5.74) is 1.56. The van der Waals surface area contributed by atoms with E-state index in [2.05, 4.69) is 10.1 Å². The van der Waals surface area contributed by atoms with Crippen LogP contribution in [0.1, 0.15) is 19.2 Å². The average molecular weight is 461 g/mol. The van der Waals surface area contributed by atoms with E-state index in [1.165, 1.54) is 11.3 Å². The molecule has 1 amide bonds. The standard InChI is InChI=1S/C24H20N4O4S/c1-2-30-17-11-9-16(10-12-17)28(24-25-18-6-3-4-8-20(18)33-24)22(29)14-13-21-26-23(27-32-21)19-7-5-15-31-19/h3-12,15H,2,13-14H2,1H3. The van der Waals surface area contributed by atoms with Crippen molar-refractivity contribution in [2.75, 3.05) is 11.5 Å². The lowest BCUT2D eigenvalue weighted by atomic mass is 10.2. The van der Waals surface area contributed by atoms with Crippen molar-refractivity contribution < 1.29 is 18.5 Å². The molecule has 9 heteroatoms. The number of amides is 1. The summed E-state index contributed by atoms with van der Waals surface area (Å²) in [6, 6.07) is 18.7. The Hall–Kier alpha value is -3.98. The Morgan fingerprint density at radius 2 is 1.91 bits per heavy atom. The monoisotopic (exact) mass is 460 g/mol. The van der Waals surface area contributed by atoms with Crippen molar-refractivity contribution in [3.8, 4) is 17.3 Å². The van der Waals surface area contributed by atoms with Gasteiger partial charge >= 0.3 is 0 Å². The number of para-hydroxylation sites is 1. The first-order valence-electron chi connectivity index (χ1n) is 10.5. The lowest BCUT2D eigenvalue weighted by Gasteiger charge is -2.20. The highest BCUT2D eigenvalue weighted by atomic mass is 32.1. The molecule has 3 heterocycles. The fourth-order valence-electron chi connectivity index (χ4n) is 3.36. The van der Waals surface area contributed by atoms with E-state index in [1.807, 2.05) is 55.5 Å². The molecule has 5 rings (SSSR count). The van der Waals surface area contributed by atoms with Crippen molar-refractivity contribution in [3.63, 3.8) is 0 Å². The molecule has 0 fully saturated rings. The van der Waals surface area contributed by atoms with E-state index >= 15 is 0 Å². The molecule has 0 saturated carbocycles. The van der Waals surface area contributed by atoms with E-state index < -0.39 is 0 Å². The molecule has 0 unspecified atom stereocenters. The number of aryl methyl sites for hydroxylation is 1. The number of anilines is 2. The third-order valence-electron chi connectivity index (χ3n) is 4.89. The first-order valence-corrected chi connectivity index (χ1v) is 11.3. The minimum atomic E-state index is -0.129. The Bertz CT molecular complexity index is 1330. The molecule has 0 aliphatic carbocycles. The number of hydrogen-bond acceptors (Lipinski definition) is 8. The van der Waals surface area contributed by atoms with E-state index in [4.69, 9.17) is 18.7 Å². The van der Waals surface area contributed by atoms with Crippen molar-refractivity contribution >= 4 is 38.3 Å². The van der Waals surface area contributed by atoms with Crippen LogP contribution in [0.3, 0.4) is 0 Å². The molecule has 3 aromatic heterocycles. The van der Waals surface area contributed by atoms with E-state index in [9.17, 15) is 4.79 Å². The van der Waals surface area contributed by atoms with Crippen molar-refractivity contribution in [3.05, 3.63) is 72.8 Å². The minimum absolute atomic E-state index is 0.129. The predicted octanol–water partition coefficient (Wildman–Crippen LogP) is 5.64. The fourth-order valence-corrected chi connectivity index (χ4v) is 4.37. The third kappa shape index (κ3) is 4.49. The van der Waals surface area contributed by atoms with Crippen molar-refractivity contribution in [1.29, 1.82) is 0 Å². The second-order valence-electron chi connectivity index (χ2n) is 7.11. The van der Waals surface area contributed by atoms with Crippen LogP contribution in [-0.2, 0) is 11.2 Å². The Kier molecular flexibility index (Phi) is 5.86. The van der Waals surface area contributed by atoms with Gasteiger partial charge < -0.3 is 13.7 Å². The van der Waals surface area contributed by atoms with Crippen molar-refractivity contribution in [2.24, 2.45) is 0 Å². The Morgan fingerprint density at radius 1 is 1.06 bits per heavy atom. The quantitative estimate of drug-likeness (QED) is 0.296. The first-order chi connectivity index (χ1) is 16.2. The van der Waals surface area contributed by atoms with Crippen LogP contribution < -0.4 is 9.64 Å². The molecule has 0 radical (unpaired) electrons. The number of nitrogens with zero attached hydrogens (tertiary/aromatic N) is 4. The summed E-state index contributed by atoms with van der Waals surface area (Å²) in [5, 5.41) is 4.53. The third-order valence-corrected chi connectivity index (χ3v) is 5.91. The Labute approximate surface area is 193 Å². The number of hydrogen-bond donors (Lipinski definition) is 0. The van der Waals surface area contributed by atoms with Gasteiger partial charge in [0.25, 0.3) is 0 Å². The van der Waals surface area contributed by atoms with E-state index in [1.54, 1.807) is 23.3 Å². The molecule has 0 atom stereocenters. The SMILES string of the molecule is CCOc1ccc(N(C(=O)CCc2nc(-c3ccco3)no2)c2nc3ccccc3s2)cc1. The Morgan fingerprint density at radius 3 is 2.67 bits per heavy atom. The number of carbonyl (C=O) groups excluding carboxylic acids is 1. The van der Waals surface area contributed by atoms with E-state index in [0.29, 0.717) is 41.3 Å². The van der Waals surface area contributed by atoms with Gasteiger partial charge in [-0.05, 0) is 55.5 Å². The van der Waals surface area contributed by atoms with Gasteiger partial charge in [-0.25, -0.2) is 4.98 Å².